The number of carbonyl (C=O) groups is 2. The second kappa shape index (κ2) is 8.45. The third-order valence-corrected chi connectivity index (χ3v) is 5.44. The van der Waals surface area contributed by atoms with E-state index in [1.807, 2.05) is 30.3 Å². The molecule has 1 saturated heterocycles. The van der Waals surface area contributed by atoms with Gasteiger partial charge in [0.15, 0.2) is 6.61 Å². The highest BCUT2D eigenvalue weighted by atomic mass is 28.3. The van der Waals surface area contributed by atoms with E-state index in [9.17, 15) is 9.59 Å². The second-order valence-electron chi connectivity index (χ2n) is 7.66. The first-order valence-corrected chi connectivity index (χ1v) is 12.2. The fraction of sp³-hybridized carbons (Fsp3) is 0.474. The summed E-state index contributed by atoms with van der Waals surface area (Å²) in [6.45, 7) is 11.5. The van der Waals surface area contributed by atoms with Gasteiger partial charge < -0.3 is 9.47 Å². The fourth-order valence-corrected chi connectivity index (χ4v) is 4.63. The van der Waals surface area contributed by atoms with Crippen molar-refractivity contribution in [2.75, 3.05) is 13.2 Å². The van der Waals surface area contributed by atoms with Gasteiger partial charge in [-0.1, -0.05) is 55.5 Å². The lowest BCUT2D eigenvalue weighted by molar-refractivity contribution is -0.128. The van der Waals surface area contributed by atoms with E-state index >= 15 is 0 Å². The van der Waals surface area contributed by atoms with Crippen molar-refractivity contribution >= 4 is 20.1 Å². The van der Waals surface area contributed by atoms with Gasteiger partial charge in [0.1, 0.15) is 0 Å². The van der Waals surface area contributed by atoms with Gasteiger partial charge in [0.2, 0.25) is 0 Å². The number of nitrogens with zero attached hydrogens (tertiary/aromatic N) is 1. The van der Waals surface area contributed by atoms with Crippen molar-refractivity contribution < 1.29 is 19.1 Å². The minimum atomic E-state index is -1.30. The number of benzene rings is 1. The molecule has 0 radical (unpaired) electrons. The molecule has 1 aliphatic heterocycles. The molecule has 25 heavy (non-hydrogen) atoms. The minimum absolute atomic E-state index is 0.186. The smallest absolute Gasteiger partial charge is 0.417 e. The Morgan fingerprint density at radius 1 is 1.28 bits per heavy atom. The van der Waals surface area contributed by atoms with E-state index in [0.717, 1.165) is 17.2 Å². The Labute approximate surface area is 150 Å². The summed E-state index contributed by atoms with van der Waals surface area (Å²) in [4.78, 5) is 25.2. The van der Waals surface area contributed by atoms with Crippen LogP contribution in [0.4, 0.5) is 4.79 Å². The van der Waals surface area contributed by atoms with Gasteiger partial charge in [0.05, 0.1) is 19.3 Å². The molecule has 0 aromatic heterocycles. The SMILES string of the molecule is C=C(C[C@H](COCc1ccccc1)N1C(=O)COC1=O)C[Si](C)(C)C. The Hall–Kier alpha value is -1.92. The molecular weight excluding hydrogens is 334 g/mol. The van der Waals surface area contributed by atoms with Gasteiger partial charge in [-0.15, -0.1) is 6.58 Å². The zero-order chi connectivity index (χ0) is 18.4. The molecule has 2 rings (SSSR count). The Bertz CT molecular complexity index is 608. The van der Waals surface area contributed by atoms with Crippen LogP contribution in [0.25, 0.3) is 0 Å². The summed E-state index contributed by atoms with van der Waals surface area (Å²) in [6.07, 6.45) is -0.0287. The zero-order valence-electron chi connectivity index (χ0n) is 15.3. The molecule has 1 heterocycles. The van der Waals surface area contributed by atoms with Gasteiger partial charge in [-0.25, -0.2) is 9.69 Å². The van der Waals surface area contributed by atoms with Crippen molar-refractivity contribution in [3.05, 3.63) is 48.0 Å². The molecule has 0 spiro atoms. The van der Waals surface area contributed by atoms with Crippen molar-refractivity contribution in [1.82, 2.24) is 4.90 Å². The van der Waals surface area contributed by atoms with Crippen molar-refractivity contribution in [1.29, 1.82) is 0 Å². The largest absolute Gasteiger partial charge is 0.439 e. The predicted octanol–water partition coefficient (Wildman–Crippen LogP) is 3.84. The lowest BCUT2D eigenvalue weighted by Crippen LogP contribution is -2.42. The minimum Gasteiger partial charge on any atom is -0.439 e. The number of ether oxygens (including phenoxy) is 2. The molecule has 0 saturated carbocycles. The zero-order valence-corrected chi connectivity index (χ0v) is 16.3. The molecule has 136 valence electrons. The molecule has 0 bridgehead atoms. The molecule has 1 fully saturated rings. The first kappa shape index (κ1) is 19.4. The van der Waals surface area contributed by atoms with Crippen LogP contribution in [-0.4, -0.2) is 44.2 Å². The first-order chi connectivity index (χ1) is 11.8. The van der Waals surface area contributed by atoms with Gasteiger partial charge in [-0.05, 0) is 18.0 Å². The number of rotatable bonds is 9. The number of hydrogen-bond donors (Lipinski definition) is 0. The first-order valence-electron chi connectivity index (χ1n) is 8.53. The highest BCUT2D eigenvalue weighted by molar-refractivity contribution is 6.76. The van der Waals surface area contributed by atoms with Crippen molar-refractivity contribution in [2.24, 2.45) is 0 Å². The average Bonchev–Trinajstić information content (AvgIpc) is 2.84. The van der Waals surface area contributed by atoms with Crippen LogP contribution < -0.4 is 0 Å². The van der Waals surface area contributed by atoms with E-state index in [2.05, 4.69) is 26.2 Å². The van der Waals surface area contributed by atoms with Crippen LogP contribution in [0.2, 0.25) is 25.7 Å². The van der Waals surface area contributed by atoms with Gasteiger partial charge in [-0.3, -0.25) is 4.79 Å². The molecule has 2 amide bonds. The van der Waals surface area contributed by atoms with Crippen LogP contribution in [0, 0.1) is 0 Å². The Kier molecular flexibility index (Phi) is 6.55. The molecule has 5 nitrogen and oxygen atoms in total. The summed E-state index contributed by atoms with van der Waals surface area (Å²) in [6, 6.07) is 10.4. The molecule has 0 unspecified atom stereocenters. The normalized spacial score (nSPS) is 16.0. The van der Waals surface area contributed by atoms with Crippen molar-refractivity contribution in [3.63, 3.8) is 0 Å². The van der Waals surface area contributed by atoms with Gasteiger partial charge >= 0.3 is 6.09 Å². The Morgan fingerprint density at radius 2 is 1.96 bits per heavy atom. The number of carbonyl (C=O) groups excluding carboxylic acids is 2. The molecule has 0 aliphatic carbocycles. The van der Waals surface area contributed by atoms with E-state index in [-0.39, 0.29) is 25.2 Å². The number of amides is 2. The maximum absolute atomic E-state index is 12.0. The van der Waals surface area contributed by atoms with Gasteiger partial charge in [0, 0.05) is 8.07 Å². The van der Waals surface area contributed by atoms with E-state index in [4.69, 9.17) is 9.47 Å². The van der Waals surface area contributed by atoms with Crippen LogP contribution in [0.1, 0.15) is 12.0 Å². The third kappa shape index (κ3) is 6.14. The molecule has 6 heteroatoms. The topological polar surface area (TPSA) is 55.8 Å². The molecule has 1 aromatic carbocycles. The number of cyclic esters (lactones) is 1. The molecular formula is C19H27NO4Si. The van der Waals surface area contributed by atoms with Crippen LogP contribution in [-0.2, 0) is 20.9 Å². The maximum Gasteiger partial charge on any atom is 0.417 e. The highest BCUT2D eigenvalue weighted by Crippen LogP contribution is 2.23. The van der Waals surface area contributed by atoms with Crippen molar-refractivity contribution in [3.8, 4) is 0 Å². The Morgan fingerprint density at radius 3 is 2.52 bits per heavy atom. The molecule has 1 aliphatic rings. The van der Waals surface area contributed by atoms with Gasteiger partial charge in [-0.2, -0.15) is 0 Å². The van der Waals surface area contributed by atoms with Crippen LogP contribution in [0.3, 0.4) is 0 Å². The second-order valence-corrected chi connectivity index (χ2v) is 13.1. The van der Waals surface area contributed by atoms with Crippen LogP contribution >= 0.6 is 0 Å². The molecule has 0 N–H and O–H groups in total. The standard InChI is InChI=1S/C19H27NO4Si/c1-15(14-25(2,3)4)10-17(20-18(21)13-24-19(20)22)12-23-11-16-8-6-5-7-9-16/h5-9,17H,1,10-14H2,2-4H3/t17-/m1/s1. The summed E-state index contributed by atoms with van der Waals surface area (Å²) in [7, 11) is -1.30. The highest BCUT2D eigenvalue weighted by Gasteiger charge is 2.37. The quantitative estimate of drug-likeness (QED) is 0.495. The third-order valence-electron chi connectivity index (χ3n) is 3.88. The summed E-state index contributed by atoms with van der Waals surface area (Å²) < 4.78 is 10.7. The summed E-state index contributed by atoms with van der Waals surface area (Å²) in [5, 5.41) is 0. The maximum atomic E-state index is 12.0. The fourth-order valence-electron chi connectivity index (χ4n) is 2.98. The average molecular weight is 362 g/mol. The Balaban J connectivity index is 2.00. The lowest BCUT2D eigenvalue weighted by atomic mass is 10.1. The van der Waals surface area contributed by atoms with E-state index < -0.39 is 14.2 Å². The number of hydrogen-bond acceptors (Lipinski definition) is 4. The summed E-state index contributed by atoms with van der Waals surface area (Å²) >= 11 is 0. The lowest BCUT2D eigenvalue weighted by Gasteiger charge is -2.26. The van der Waals surface area contributed by atoms with Crippen LogP contribution in [0.5, 0.6) is 0 Å². The monoisotopic (exact) mass is 361 g/mol. The molecule has 1 atom stereocenters. The van der Waals surface area contributed by atoms with E-state index in [1.165, 1.54) is 4.90 Å². The van der Waals surface area contributed by atoms with E-state index in [0.29, 0.717) is 13.0 Å². The van der Waals surface area contributed by atoms with E-state index in [1.54, 1.807) is 0 Å². The predicted molar refractivity (Wildman–Crippen MR) is 100.0 cm³/mol. The summed E-state index contributed by atoms with van der Waals surface area (Å²) in [5.74, 6) is -0.306. The van der Waals surface area contributed by atoms with Gasteiger partial charge in [0.25, 0.3) is 5.91 Å². The van der Waals surface area contributed by atoms with Crippen LogP contribution in [0.15, 0.2) is 42.5 Å². The number of imide groups is 1. The molecule has 1 aromatic rings. The summed E-state index contributed by atoms with van der Waals surface area (Å²) in [5.41, 5.74) is 2.11. The van der Waals surface area contributed by atoms with Crippen molar-refractivity contribution in [2.45, 2.75) is 44.8 Å².